The van der Waals surface area contributed by atoms with Gasteiger partial charge in [0.2, 0.25) is 5.91 Å². The molecule has 1 aliphatic heterocycles. The molecule has 4 rings (SSSR count). The van der Waals surface area contributed by atoms with E-state index in [1.54, 1.807) is 6.33 Å². The Balaban J connectivity index is 1.49. The Kier molecular flexibility index (Phi) is 3.81. The fourth-order valence-corrected chi connectivity index (χ4v) is 3.34. The van der Waals surface area contributed by atoms with Crippen molar-refractivity contribution in [2.24, 2.45) is 5.92 Å². The first kappa shape index (κ1) is 14.7. The summed E-state index contributed by atoms with van der Waals surface area (Å²) >= 11 is 6.12. The Morgan fingerprint density at radius 2 is 1.96 bits per heavy atom. The van der Waals surface area contributed by atoms with Crippen LogP contribution in [0.15, 0.2) is 24.5 Å². The number of carbonyl (C=O) groups is 1. The Bertz CT molecular complexity index is 738. The highest BCUT2D eigenvalue weighted by Gasteiger charge is 2.30. The first-order chi connectivity index (χ1) is 11.2. The molecule has 2 aromatic rings. The number of carbonyl (C=O) groups excluding carboxylic acids is 1. The summed E-state index contributed by atoms with van der Waals surface area (Å²) < 4.78 is 0. The molecule has 2 heterocycles. The molecule has 1 amide bonds. The molecule has 2 aliphatic rings. The van der Waals surface area contributed by atoms with E-state index in [9.17, 15) is 4.79 Å². The Morgan fingerprint density at radius 3 is 2.70 bits per heavy atom. The molecule has 0 spiro atoms. The lowest BCUT2D eigenvalue weighted by Gasteiger charge is -2.32. The van der Waals surface area contributed by atoms with Gasteiger partial charge in [0.15, 0.2) is 0 Å². The van der Waals surface area contributed by atoms with Crippen molar-refractivity contribution in [2.75, 3.05) is 18.0 Å². The molecule has 1 N–H and O–H groups in total. The van der Waals surface area contributed by atoms with E-state index in [2.05, 4.69) is 20.2 Å². The summed E-state index contributed by atoms with van der Waals surface area (Å²) in [6.45, 7) is 1.67. The van der Waals surface area contributed by atoms with Crippen molar-refractivity contribution in [2.45, 2.75) is 31.7 Å². The largest absolute Gasteiger partial charge is 0.356 e. The molecule has 1 aliphatic carbocycles. The third-order valence-corrected chi connectivity index (χ3v) is 4.90. The van der Waals surface area contributed by atoms with E-state index in [1.807, 2.05) is 18.2 Å². The molecule has 6 heteroatoms. The summed E-state index contributed by atoms with van der Waals surface area (Å²) in [5, 5.41) is 4.78. The van der Waals surface area contributed by atoms with Crippen LogP contribution in [0.4, 0.5) is 5.82 Å². The Morgan fingerprint density at radius 1 is 1.17 bits per heavy atom. The van der Waals surface area contributed by atoms with Crippen LogP contribution in [-0.4, -0.2) is 35.0 Å². The van der Waals surface area contributed by atoms with E-state index >= 15 is 0 Å². The summed E-state index contributed by atoms with van der Waals surface area (Å²) in [5.41, 5.74) is 0.896. The van der Waals surface area contributed by atoms with Crippen LogP contribution in [0.1, 0.15) is 25.7 Å². The van der Waals surface area contributed by atoms with Crippen LogP contribution in [-0.2, 0) is 4.79 Å². The van der Waals surface area contributed by atoms with Gasteiger partial charge in [-0.2, -0.15) is 0 Å². The van der Waals surface area contributed by atoms with Gasteiger partial charge in [-0.05, 0) is 43.9 Å². The minimum atomic E-state index is 0.128. The third-order valence-electron chi connectivity index (χ3n) is 4.67. The number of piperidine rings is 1. The zero-order chi connectivity index (χ0) is 15.8. The molecule has 0 radical (unpaired) electrons. The number of anilines is 1. The minimum absolute atomic E-state index is 0.128. The number of nitrogens with one attached hydrogen (secondary N) is 1. The zero-order valence-electron chi connectivity index (χ0n) is 12.8. The van der Waals surface area contributed by atoms with Crippen molar-refractivity contribution in [1.82, 2.24) is 15.3 Å². The molecule has 1 saturated heterocycles. The molecule has 1 aromatic carbocycles. The number of hydrogen-bond donors (Lipinski definition) is 1. The molecule has 2 fully saturated rings. The van der Waals surface area contributed by atoms with Crippen LogP contribution in [0.5, 0.6) is 0 Å². The standard InChI is InChI=1S/C17H19ClN4O/c18-12-1-4-15-14(9-12)16(20-10-19-15)22-7-5-11(6-8-22)17(23)21-13-2-3-13/h1,4,9-11,13H,2-3,5-8H2,(H,21,23). The van der Waals surface area contributed by atoms with Gasteiger partial charge in [-0.25, -0.2) is 9.97 Å². The van der Waals surface area contributed by atoms with Gasteiger partial charge in [0, 0.05) is 35.5 Å². The fourth-order valence-electron chi connectivity index (χ4n) is 3.17. The van der Waals surface area contributed by atoms with E-state index in [0.717, 1.165) is 55.5 Å². The second-order valence-corrected chi connectivity index (χ2v) is 6.84. The molecule has 5 nitrogen and oxygen atoms in total. The van der Waals surface area contributed by atoms with Crippen molar-refractivity contribution >= 4 is 34.2 Å². The van der Waals surface area contributed by atoms with Crippen LogP contribution in [0.25, 0.3) is 10.9 Å². The summed E-state index contributed by atoms with van der Waals surface area (Å²) in [6, 6.07) is 6.11. The number of amides is 1. The van der Waals surface area contributed by atoms with Gasteiger partial charge in [-0.1, -0.05) is 11.6 Å². The second-order valence-electron chi connectivity index (χ2n) is 6.40. The predicted molar refractivity (Wildman–Crippen MR) is 90.6 cm³/mol. The van der Waals surface area contributed by atoms with Gasteiger partial charge < -0.3 is 10.2 Å². The van der Waals surface area contributed by atoms with Gasteiger partial charge in [-0.3, -0.25) is 4.79 Å². The molecule has 1 aromatic heterocycles. The van der Waals surface area contributed by atoms with Crippen LogP contribution in [0, 0.1) is 5.92 Å². The monoisotopic (exact) mass is 330 g/mol. The number of aromatic nitrogens is 2. The highest BCUT2D eigenvalue weighted by Crippen LogP contribution is 2.29. The smallest absolute Gasteiger partial charge is 0.223 e. The van der Waals surface area contributed by atoms with Crippen molar-refractivity contribution in [3.8, 4) is 0 Å². The average Bonchev–Trinajstić information content (AvgIpc) is 3.38. The van der Waals surface area contributed by atoms with Crippen LogP contribution in [0.3, 0.4) is 0 Å². The normalized spacial score (nSPS) is 19.1. The van der Waals surface area contributed by atoms with Crippen LogP contribution >= 0.6 is 11.6 Å². The summed E-state index contributed by atoms with van der Waals surface area (Å²) in [7, 11) is 0. The number of fused-ring (bicyclic) bond motifs is 1. The number of nitrogens with zero attached hydrogens (tertiary/aromatic N) is 3. The van der Waals surface area contributed by atoms with Gasteiger partial charge in [-0.15, -0.1) is 0 Å². The molecular weight excluding hydrogens is 312 g/mol. The molecule has 0 unspecified atom stereocenters. The predicted octanol–water partition coefficient (Wildman–Crippen LogP) is 2.78. The van der Waals surface area contributed by atoms with E-state index in [-0.39, 0.29) is 11.8 Å². The maximum Gasteiger partial charge on any atom is 0.223 e. The molecule has 1 saturated carbocycles. The number of rotatable bonds is 3. The maximum absolute atomic E-state index is 12.2. The van der Waals surface area contributed by atoms with Gasteiger partial charge in [0.1, 0.15) is 12.1 Å². The topological polar surface area (TPSA) is 58.1 Å². The lowest BCUT2D eigenvalue weighted by molar-refractivity contribution is -0.125. The third kappa shape index (κ3) is 3.11. The van der Waals surface area contributed by atoms with E-state index in [0.29, 0.717) is 11.1 Å². The van der Waals surface area contributed by atoms with Gasteiger partial charge in [0.25, 0.3) is 0 Å². The molecule has 120 valence electrons. The Hall–Kier alpha value is -1.88. The van der Waals surface area contributed by atoms with E-state index in [1.165, 1.54) is 0 Å². The molecule has 0 atom stereocenters. The first-order valence-electron chi connectivity index (χ1n) is 8.16. The fraction of sp³-hybridized carbons (Fsp3) is 0.471. The minimum Gasteiger partial charge on any atom is -0.356 e. The quantitative estimate of drug-likeness (QED) is 0.940. The van der Waals surface area contributed by atoms with Crippen LogP contribution < -0.4 is 10.2 Å². The van der Waals surface area contributed by atoms with Gasteiger partial charge >= 0.3 is 0 Å². The summed E-state index contributed by atoms with van der Waals surface area (Å²) in [5.74, 6) is 1.27. The van der Waals surface area contributed by atoms with Crippen molar-refractivity contribution in [3.63, 3.8) is 0 Å². The lowest BCUT2D eigenvalue weighted by atomic mass is 9.95. The zero-order valence-corrected chi connectivity index (χ0v) is 13.6. The number of hydrogen-bond acceptors (Lipinski definition) is 4. The van der Waals surface area contributed by atoms with E-state index in [4.69, 9.17) is 11.6 Å². The highest BCUT2D eigenvalue weighted by atomic mass is 35.5. The first-order valence-corrected chi connectivity index (χ1v) is 8.54. The van der Waals surface area contributed by atoms with E-state index < -0.39 is 0 Å². The average molecular weight is 331 g/mol. The van der Waals surface area contributed by atoms with Crippen molar-refractivity contribution in [3.05, 3.63) is 29.5 Å². The van der Waals surface area contributed by atoms with Crippen LogP contribution in [0.2, 0.25) is 5.02 Å². The van der Waals surface area contributed by atoms with Crippen molar-refractivity contribution < 1.29 is 4.79 Å². The lowest BCUT2D eigenvalue weighted by Crippen LogP contribution is -2.41. The van der Waals surface area contributed by atoms with Gasteiger partial charge in [0.05, 0.1) is 5.52 Å². The van der Waals surface area contributed by atoms with Crippen molar-refractivity contribution in [1.29, 1.82) is 0 Å². The summed E-state index contributed by atoms with van der Waals surface area (Å²) in [6.07, 6.45) is 5.60. The SMILES string of the molecule is O=C(NC1CC1)C1CCN(c2ncnc3ccc(Cl)cc23)CC1. The summed E-state index contributed by atoms with van der Waals surface area (Å²) in [4.78, 5) is 23.2. The molecule has 0 bridgehead atoms. The highest BCUT2D eigenvalue weighted by molar-refractivity contribution is 6.31. The second kappa shape index (κ2) is 5.96. The Labute approximate surface area is 140 Å². The number of benzene rings is 1. The number of halogens is 1. The maximum atomic E-state index is 12.2. The molecule has 23 heavy (non-hydrogen) atoms. The molecular formula is C17H19ClN4O.